The molecule has 18 heavy (non-hydrogen) atoms. The molecule has 0 atom stereocenters. The van der Waals surface area contributed by atoms with Crippen LogP contribution in [0.1, 0.15) is 19.0 Å². The van der Waals surface area contributed by atoms with Crippen LogP contribution < -0.4 is 5.32 Å². The fourth-order valence-electron chi connectivity index (χ4n) is 1.50. The molecule has 0 fully saturated rings. The maximum atomic E-state index is 11.9. The van der Waals surface area contributed by atoms with Gasteiger partial charge in [0.25, 0.3) is 0 Å². The number of pyridine rings is 1. The third kappa shape index (κ3) is 4.04. The minimum absolute atomic E-state index is 0.307. The van der Waals surface area contributed by atoms with Gasteiger partial charge in [-0.2, -0.15) is 0 Å². The van der Waals surface area contributed by atoms with E-state index in [0.717, 1.165) is 0 Å². The van der Waals surface area contributed by atoms with E-state index in [9.17, 15) is 9.59 Å². The molecule has 0 aliphatic carbocycles. The lowest BCUT2D eigenvalue weighted by atomic mass is 10.3. The molecule has 0 aromatic carbocycles. The van der Waals surface area contributed by atoms with Crippen LogP contribution in [-0.4, -0.2) is 40.1 Å². The molecule has 0 saturated heterocycles. The highest BCUT2D eigenvalue weighted by Crippen LogP contribution is 2.11. The molecule has 6 heteroatoms. The molecule has 1 heterocycles. The molecule has 0 unspecified atom stereocenters. The zero-order chi connectivity index (χ0) is 13.5. The molecule has 6 nitrogen and oxygen atoms in total. The highest BCUT2D eigenvalue weighted by molar-refractivity contribution is 5.91. The van der Waals surface area contributed by atoms with Crippen molar-refractivity contribution in [1.29, 1.82) is 0 Å². The number of hydrogen-bond acceptors (Lipinski definition) is 3. The fourth-order valence-corrected chi connectivity index (χ4v) is 1.50. The van der Waals surface area contributed by atoms with E-state index < -0.39 is 12.0 Å². The van der Waals surface area contributed by atoms with Gasteiger partial charge in [0.2, 0.25) is 0 Å². The van der Waals surface area contributed by atoms with Crippen molar-refractivity contribution in [3.63, 3.8) is 0 Å². The molecule has 98 valence electrons. The van der Waals surface area contributed by atoms with Gasteiger partial charge in [0.15, 0.2) is 0 Å². The number of nitrogens with zero attached hydrogens (tertiary/aromatic N) is 2. The van der Waals surface area contributed by atoms with Crippen molar-refractivity contribution >= 4 is 17.7 Å². The molecule has 2 N–H and O–H groups in total. The Hall–Kier alpha value is -2.11. The molecule has 0 radical (unpaired) electrons. The van der Waals surface area contributed by atoms with Gasteiger partial charge in [0, 0.05) is 12.7 Å². The molecular weight excluding hydrogens is 234 g/mol. The average Bonchev–Trinajstić information content (AvgIpc) is 2.31. The Balaban J connectivity index is 2.72. The third-order valence-electron chi connectivity index (χ3n) is 2.36. The number of nitrogens with one attached hydrogen (secondary N) is 1. The first-order chi connectivity index (χ1) is 8.54. The highest BCUT2D eigenvalue weighted by atomic mass is 16.4. The normalized spacial score (nSPS) is 9.89. The summed E-state index contributed by atoms with van der Waals surface area (Å²) in [5.74, 6) is -1.03. The summed E-state index contributed by atoms with van der Waals surface area (Å²) in [4.78, 5) is 27.9. The lowest BCUT2D eigenvalue weighted by molar-refractivity contribution is -0.137. The summed E-state index contributed by atoms with van der Waals surface area (Å²) >= 11 is 0. The van der Waals surface area contributed by atoms with Crippen molar-refractivity contribution in [2.24, 2.45) is 0 Å². The first-order valence-electron chi connectivity index (χ1n) is 5.74. The van der Waals surface area contributed by atoms with Gasteiger partial charge in [0.05, 0.1) is 11.4 Å². The van der Waals surface area contributed by atoms with Gasteiger partial charge in [-0.05, 0) is 25.5 Å². The number of hydrogen-bond donors (Lipinski definition) is 2. The number of carbonyl (C=O) groups excluding carboxylic acids is 1. The smallest absolute Gasteiger partial charge is 0.323 e. The van der Waals surface area contributed by atoms with Gasteiger partial charge in [-0.15, -0.1) is 0 Å². The van der Waals surface area contributed by atoms with Crippen LogP contribution in [-0.2, 0) is 4.79 Å². The summed E-state index contributed by atoms with van der Waals surface area (Å²) < 4.78 is 0. The van der Waals surface area contributed by atoms with E-state index in [1.807, 2.05) is 6.92 Å². The number of urea groups is 1. The first kappa shape index (κ1) is 14.0. The lowest BCUT2D eigenvalue weighted by Gasteiger charge is -2.20. The second kappa shape index (κ2) is 6.58. The predicted octanol–water partition coefficient (Wildman–Crippen LogP) is 1.72. The molecule has 0 saturated carbocycles. The van der Waals surface area contributed by atoms with E-state index in [2.05, 4.69) is 10.3 Å². The molecular formula is C12H17N3O3. The van der Waals surface area contributed by atoms with Gasteiger partial charge in [0.1, 0.15) is 6.54 Å². The van der Waals surface area contributed by atoms with Crippen molar-refractivity contribution in [2.45, 2.75) is 20.3 Å². The molecule has 0 aliphatic heterocycles. The van der Waals surface area contributed by atoms with E-state index >= 15 is 0 Å². The van der Waals surface area contributed by atoms with Crippen LogP contribution in [0.5, 0.6) is 0 Å². The van der Waals surface area contributed by atoms with E-state index in [1.54, 1.807) is 25.3 Å². The number of carboxylic acid groups (broad SMARTS) is 1. The number of carboxylic acids is 1. The van der Waals surface area contributed by atoms with Crippen molar-refractivity contribution in [2.75, 3.05) is 18.4 Å². The summed E-state index contributed by atoms with van der Waals surface area (Å²) in [6.45, 7) is 3.75. The Kier molecular flexibility index (Phi) is 5.10. The summed E-state index contributed by atoms with van der Waals surface area (Å²) in [5, 5.41) is 11.4. The predicted molar refractivity (Wildman–Crippen MR) is 67.5 cm³/mol. The van der Waals surface area contributed by atoms with Gasteiger partial charge in [-0.25, -0.2) is 4.79 Å². The minimum Gasteiger partial charge on any atom is -0.480 e. The second-order valence-electron chi connectivity index (χ2n) is 3.88. The fraction of sp³-hybridized carbons (Fsp3) is 0.417. The Morgan fingerprint density at radius 2 is 2.22 bits per heavy atom. The quantitative estimate of drug-likeness (QED) is 0.834. The number of carbonyl (C=O) groups is 2. The Bertz CT molecular complexity index is 434. The van der Waals surface area contributed by atoms with Gasteiger partial charge in [-0.3, -0.25) is 9.78 Å². The first-order valence-corrected chi connectivity index (χ1v) is 5.74. The zero-order valence-corrected chi connectivity index (χ0v) is 10.5. The average molecular weight is 251 g/mol. The molecule has 0 aliphatic rings. The maximum Gasteiger partial charge on any atom is 0.323 e. The second-order valence-corrected chi connectivity index (χ2v) is 3.88. The van der Waals surface area contributed by atoms with Gasteiger partial charge >= 0.3 is 12.0 Å². The molecule has 0 bridgehead atoms. The van der Waals surface area contributed by atoms with Crippen LogP contribution in [0.3, 0.4) is 0 Å². The molecule has 1 aromatic rings. The van der Waals surface area contributed by atoms with E-state index in [4.69, 9.17) is 5.11 Å². The largest absolute Gasteiger partial charge is 0.480 e. The van der Waals surface area contributed by atoms with E-state index in [-0.39, 0.29) is 6.54 Å². The topological polar surface area (TPSA) is 82.5 Å². The van der Waals surface area contributed by atoms with Gasteiger partial charge in [-0.1, -0.05) is 6.92 Å². The van der Waals surface area contributed by atoms with Crippen LogP contribution in [0.15, 0.2) is 18.3 Å². The molecule has 0 spiro atoms. The van der Waals surface area contributed by atoms with Crippen molar-refractivity contribution in [3.05, 3.63) is 24.0 Å². The van der Waals surface area contributed by atoms with E-state index in [1.165, 1.54) is 4.90 Å². The Morgan fingerprint density at radius 3 is 2.78 bits per heavy atom. The number of rotatable bonds is 5. The SMILES string of the molecule is CCCN(CC(=O)O)C(=O)Nc1cccnc1C. The number of amides is 2. The number of anilines is 1. The van der Waals surface area contributed by atoms with Crippen LogP contribution in [0, 0.1) is 6.92 Å². The minimum atomic E-state index is -1.03. The van der Waals surface area contributed by atoms with Gasteiger partial charge < -0.3 is 15.3 Å². The Morgan fingerprint density at radius 1 is 1.50 bits per heavy atom. The summed E-state index contributed by atoms with van der Waals surface area (Å²) in [7, 11) is 0. The number of aliphatic carboxylic acids is 1. The zero-order valence-electron chi connectivity index (χ0n) is 10.5. The Labute approximate surface area is 106 Å². The van der Waals surface area contributed by atoms with Crippen LogP contribution in [0.4, 0.5) is 10.5 Å². The number of aromatic nitrogens is 1. The summed E-state index contributed by atoms with van der Waals surface area (Å²) in [6, 6.07) is 3.02. The standard InChI is InChI=1S/C12H17N3O3/c1-3-7-15(8-11(16)17)12(18)14-10-5-4-6-13-9(10)2/h4-6H,3,7-8H2,1-2H3,(H,14,18)(H,16,17). The molecule has 1 rings (SSSR count). The molecule has 1 aromatic heterocycles. The maximum absolute atomic E-state index is 11.9. The van der Waals surface area contributed by atoms with Crippen molar-refractivity contribution < 1.29 is 14.7 Å². The van der Waals surface area contributed by atoms with Crippen LogP contribution >= 0.6 is 0 Å². The van der Waals surface area contributed by atoms with Crippen molar-refractivity contribution in [3.8, 4) is 0 Å². The molecule has 2 amide bonds. The number of aryl methyl sites for hydroxylation is 1. The highest BCUT2D eigenvalue weighted by Gasteiger charge is 2.16. The van der Waals surface area contributed by atoms with Crippen LogP contribution in [0.25, 0.3) is 0 Å². The third-order valence-corrected chi connectivity index (χ3v) is 2.36. The van der Waals surface area contributed by atoms with Crippen molar-refractivity contribution in [1.82, 2.24) is 9.88 Å². The summed E-state index contributed by atoms with van der Waals surface area (Å²) in [5.41, 5.74) is 1.28. The van der Waals surface area contributed by atoms with E-state index in [0.29, 0.717) is 24.3 Å². The lowest BCUT2D eigenvalue weighted by Crippen LogP contribution is -2.39. The summed E-state index contributed by atoms with van der Waals surface area (Å²) in [6.07, 6.45) is 2.33. The monoisotopic (exact) mass is 251 g/mol. The van der Waals surface area contributed by atoms with Crippen LogP contribution in [0.2, 0.25) is 0 Å².